The summed E-state index contributed by atoms with van der Waals surface area (Å²) in [5.41, 5.74) is 8.60. The Bertz CT molecular complexity index is 1260. The molecular formula is C26H25ClN4O5S. The first kappa shape index (κ1) is 26.6. The van der Waals surface area contributed by atoms with Crippen molar-refractivity contribution in [2.45, 2.75) is 25.3 Å². The maximum atomic E-state index is 11.7. The van der Waals surface area contributed by atoms with Gasteiger partial charge in [-0.25, -0.2) is 0 Å². The number of benzene rings is 2. The number of anilines is 1. The van der Waals surface area contributed by atoms with Crippen molar-refractivity contribution in [1.29, 1.82) is 0 Å². The van der Waals surface area contributed by atoms with Crippen LogP contribution in [-0.2, 0) is 9.59 Å². The van der Waals surface area contributed by atoms with E-state index in [0.717, 1.165) is 53.8 Å². The van der Waals surface area contributed by atoms with Gasteiger partial charge in [0.1, 0.15) is 6.29 Å². The van der Waals surface area contributed by atoms with Crippen LogP contribution in [0.25, 0.3) is 6.08 Å². The molecule has 3 aliphatic rings. The Hall–Kier alpha value is -3.47. The second kappa shape index (κ2) is 11.7. The first-order valence-electron chi connectivity index (χ1n) is 11.7. The Labute approximate surface area is 223 Å². The maximum absolute atomic E-state index is 11.7. The minimum absolute atomic E-state index is 0.122. The lowest BCUT2D eigenvalue weighted by atomic mass is 10.0. The first-order chi connectivity index (χ1) is 17.8. The number of nitrogens with two attached hydrogens (primary N) is 1. The van der Waals surface area contributed by atoms with Crippen LogP contribution in [0.2, 0.25) is 5.02 Å². The van der Waals surface area contributed by atoms with Gasteiger partial charge in [0.25, 0.3) is 23.0 Å². The zero-order chi connectivity index (χ0) is 26.5. The topological polar surface area (TPSA) is 130 Å². The van der Waals surface area contributed by atoms with E-state index in [4.69, 9.17) is 17.3 Å². The fourth-order valence-corrected chi connectivity index (χ4v) is 5.36. The summed E-state index contributed by atoms with van der Waals surface area (Å²) in [6, 6.07) is 12.3. The van der Waals surface area contributed by atoms with E-state index in [-0.39, 0.29) is 42.0 Å². The van der Waals surface area contributed by atoms with E-state index >= 15 is 0 Å². The normalized spacial score (nSPS) is 20.1. The number of amides is 4. The van der Waals surface area contributed by atoms with E-state index in [9.17, 15) is 24.0 Å². The van der Waals surface area contributed by atoms with Gasteiger partial charge in [0.05, 0.1) is 26.7 Å². The lowest BCUT2D eigenvalue weighted by Crippen LogP contribution is -2.43. The van der Waals surface area contributed by atoms with Crippen LogP contribution in [0, 0.1) is 0 Å². The third-order valence-corrected chi connectivity index (χ3v) is 7.19. The van der Waals surface area contributed by atoms with E-state index in [1.165, 1.54) is 0 Å². The van der Waals surface area contributed by atoms with Gasteiger partial charge in [-0.15, -0.1) is 0 Å². The largest absolute Gasteiger partial charge is 0.368 e. The average Bonchev–Trinajstić information content (AvgIpc) is 3.32. The number of nitrogens with zero attached hydrogens (tertiary/aromatic N) is 2. The predicted octanol–water partition coefficient (Wildman–Crippen LogP) is 3.46. The summed E-state index contributed by atoms with van der Waals surface area (Å²) in [7, 11) is 0. The van der Waals surface area contributed by atoms with Crippen LogP contribution in [0.3, 0.4) is 0 Å². The second-order valence-corrected chi connectivity index (χ2v) is 10.1. The lowest BCUT2D eigenvalue weighted by Gasteiger charge is -2.34. The van der Waals surface area contributed by atoms with Crippen molar-refractivity contribution in [3.05, 3.63) is 69.1 Å². The average molecular weight is 541 g/mol. The molecule has 2 aromatic rings. The summed E-state index contributed by atoms with van der Waals surface area (Å²) in [5.74, 6) is -0.980. The minimum Gasteiger partial charge on any atom is -0.368 e. The van der Waals surface area contributed by atoms with Gasteiger partial charge in [-0.2, -0.15) is 0 Å². The molecule has 0 saturated carbocycles. The molecule has 0 bridgehead atoms. The van der Waals surface area contributed by atoms with Crippen LogP contribution in [0.15, 0.2) is 47.4 Å². The highest BCUT2D eigenvalue weighted by molar-refractivity contribution is 8.18. The molecule has 0 unspecified atom stereocenters. The molecule has 0 radical (unpaired) electrons. The molecule has 9 nitrogen and oxygen atoms in total. The number of imide groups is 2. The fourth-order valence-electron chi connectivity index (χ4n) is 4.38. The van der Waals surface area contributed by atoms with Crippen LogP contribution in [-0.4, -0.2) is 59.8 Å². The predicted molar refractivity (Wildman–Crippen MR) is 142 cm³/mol. The Morgan fingerprint density at radius 1 is 1.05 bits per heavy atom. The minimum atomic E-state index is -0.365. The van der Waals surface area contributed by atoms with Gasteiger partial charge < -0.3 is 15.4 Å². The number of aldehydes is 1. The zero-order valence-electron chi connectivity index (χ0n) is 19.8. The highest BCUT2D eigenvalue weighted by Crippen LogP contribution is 2.35. The van der Waals surface area contributed by atoms with Gasteiger partial charge in [-0.1, -0.05) is 35.9 Å². The van der Waals surface area contributed by atoms with E-state index in [1.807, 2.05) is 18.2 Å². The number of rotatable bonds is 5. The van der Waals surface area contributed by atoms with Crippen molar-refractivity contribution in [2.24, 2.45) is 5.73 Å². The van der Waals surface area contributed by atoms with Gasteiger partial charge in [-0.3, -0.25) is 29.4 Å². The molecule has 0 aromatic heterocycles. The number of hydrogen-bond acceptors (Lipinski definition) is 8. The molecular weight excluding hydrogens is 516 g/mol. The molecule has 2 saturated heterocycles. The van der Waals surface area contributed by atoms with Gasteiger partial charge >= 0.3 is 0 Å². The molecule has 5 rings (SSSR count). The van der Waals surface area contributed by atoms with Crippen molar-refractivity contribution in [1.82, 2.24) is 10.2 Å². The van der Waals surface area contributed by atoms with Crippen molar-refractivity contribution in [2.75, 3.05) is 24.5 Å². The smallest absolute Gasteiger partial charge is 0.290 e. The summed E-state index contributed by atoms with van der Waals surface area (Å²) in [6.07, 6.45) is 4.61. The number of thioether (sulfide) groups is 1. The molecule has 37 heavy (non-hydrogen) atoms. The zero-order valence-corrected chi connectivity index (χ0v) is 21.4. The second-order valence-electron chi connectivity index (χ2n) is 8.64. The van der Waals surface area contributed by atoms with Crippen LogP contribution in [0.4, 0.5) is 10.5 Å². The third-order valence-electron chi connectivity index (χ3n) is 6.07. The monoisotopic (exact) mass is 540 g/mol. The van der Waals surface area contributed by atoms with E-state index in [2.05, 4.69) is 10.2 Å². The summed E-state index contributed by atoms with van der Waals surface area (Å²) in [4.78, 5) is 60.3. The molecule has 3 N–H and O–H groups in total. The number of nitrogens with one attached hydrogen (secondary N) is 1. The number of hydrogen-bond donors (Lipinski definition) is 2. The molecule has 2 aromatic carbocycles. The van der Waals surface area contributed by atoms with E-state index in [1.54, 1.807) is 30.3 Å². The quantitative estimate of drug-likeness (QED) is 0.335. The number of piperidine rings is 1. The van der Waals surface area contributed by atoms with Gasteiger partial charge in [0.15, 0.2) is 0 Å². The van der Waals surface area contributed by atoms with Crippen LogP contribution < -0.4 is 16.0 Å². The number of carbonyl (C=O) groups excluding carboxylic acids is 5. The molecule has 0 aliphatic carbocycles. The summed E-state index contributed by atoms with van der Waals surface area (Å²) < 4.78 is 0. The van der Waals surface area contributed by atoms with Gasteiger partial charge in [-0.05, 0) is 48.9 Å². The number of carbonyl (C=O) groups is 5. The Morgan fingerprint density at radius 2 is 1.76 bits per heavy atom. The Morgan fingerprint density at radius 3 is 2.35 bits per heavy atom. The number of fused-ring (bicyclic) bond motifs is 1. The van der Waals surface area contributed by atoms with Gasteiger partial charge in [0, 0.05) is 37.7 Å². The third kappa shape index (κ3) is 5.93. The number of halogens is 1. The summed E-state index contributed by atoms with van der Waals surface area (Å²) in [5, 5.41) is 2.53. The van der Waals surface area contributed by atoms with Crippen molar-refractivity contribution in [3.63, 3.8) is 0 Å². The molecule has 2 fully saturated rings. The molecule has 0 spiro atoms. The Kier molecular flexibility index (Phi) is 8.42. The highest BCUT2D eigenvalue weighted by atomic mass is 35.5. The SMILES string of the molecule is N[C@@H]1CCCN(c2c(Cl)cccc2/C=C2\SC(=O)NC2=O)C1.O=CCCN1C(=O)c2ccccc2C1=O. The molecule has 3 heterocycles. The maximum Gasteiger partial charge on any atom is 0.290 e. The molecule has 1 atom stereocenters. The van der Waals surface area contributed by atoms with Crippen molar-refractivity contribution >= 4 is 64.4 Å². The van der Waals surface area contributed by atoms with Crippen LogP contribution >= 0.6 is 23.4 Å². The number of para-hydroxylation sites is 1. The first-order valence-corrected chi connectivity index (χ1v) is 12.9. The Balaban J connectivity index is 0.000000186. The van der Waals surface area contributed by atoms with Gasteiger partial charge in [0.2, 0.25) is 0 Å². The fraction of sp³-hybridized carbons (Fsp3) is 0.269. The molecule has 4 amide bonds. The van der Waals surface area contributed by atoms with E-state index in [0.29, 0.717) is 27.3 Å². The highest BCUT2D eigenvalue weighted by Gasteiger charge is 2.34. The standard InChI is InChI=1S/C15H16ClN3O2S.C11H9NO3/c16-11-5-1-3-9(7-12-14(20)18-15(21)22-12)13(11)19-6-2-4-10(17)8-19;13-7-3-6-12-10(14)8-4-1-2-5-9(8)11(12)15/h1,3,5,7,10H,2,4,6,8,17H2,(H,18,20,21);1-2,4-5,7H,3,6H2/b12-7-;/t10-;/m1./s1. The van der Waals surface area contributed by atoms with Crippen molar-refractivity contribution in [3.8, 4) is 0 Å². The molecule has 192 valence electrons. The van der Waals surface area contributed by atoms with Crippen molar-refractivity contribution < 1.29 is 24.0 Å². The lowest BCUT2D eigenvalue weighted by molar-refractivity contribution is -0.115. The summed E-state index contributed by atoms with van der Waals surface area (Å²) >= 11 is 7.28. The van der Waals surface area contributed by atoms with E-state index < -0.39 is 0 Å². The molecule has 3 aliphatic heterocycles. The van der Waals surface area contributed by atoms with Crippen LogP contribution in [0.5, 0.6) is 0 Å². The van der Waals surface area contributed by atoms with Crippen LogP contribution in [0.1, 0.15) is 45.5 Å². The summed E-state index contributed by atoms with van der Waals surface area (Å²) in [6.45, 7) is 1.78. The molecule has 11 heteroatoms.